The summed E-state index contributed by atoms with van der Waals surface area (Å²) in [6, 6.07) is 8.36. The van der Waals surface area contributed by atoms with Crippen LogP contribution in [0.3, 0.4) is 0 Å². The van der Waals surface area contributed by atoms with Crippen LogP contribution in [-0.4, -0.2) is 0 Å². The first-order chi connectivity index (χ1) is 17.2. The van der Waals surface area contributed by atoms with Gasteiger partial charge in [0.05, 0.1) is 0 Å². The van der Waals surface area contributed by atoms with Gasteiger partial charge in [0, 0.05) is 16.7 Å². The van der Waals surface area contributed by atoms with Gasteiger partial charge in [-0.05, 0) is 79.0 Å². The first kappa shape index (κ1) is 26.0. The summed E-state index contributed by atoms with van der Waals surface area (Å²) in [5.74, 6) is -9.49. The smallest absolute Gasteiger partial charge is 0.194 e. The van der Waals surface area contributed by atoms with Crippen LogP contribution in [0, 0.1) is 35.0 Å². The van der Waals surface area contributed by atoms with Gasteiger partial charge in [-0.3, -0.25) is 0 Å². The van der Waals surface area contributed by atoms with E-state index >= 15 is 0 Å². The number of hydrogen-bond acceptors (Lipinski definition) is 0. The lowest BCUT2D eigenvalue weighted by atomic mass is 9.77. The van der Waals surface area contributed by atoms with Crippen molar-refractivity contribution in [2.45, 2.75) is 51.4 Å². The normalized spacial score (nSPS) is 18.8. The zero-order valence-electron chi connectivity index (χ0n) is 19.7. The maximum absolute atomic E-state index is 15.0. The van der Waals surface area contributed by atoms with E-state index in [9.17, 15) is 30.7 Å². The molecule has 3 aromatic carbocycles. The zero-order valence-corrected chi connectivity index (χ0v) is 19.7. The Labute approximate surface area is 205 Å². The Hall–Kier alpha value is -3.09. The van der Waals surface area contributed by atoms with E-state index in [1.807, 2.05) is 6.07 Å². The third-order valence-electron chi connectivity index (χ3n) is 6.95. The van der Waals surface area contributed by atoms with E-state index in [4.69, 9.17) is 0 Å². The molecule has 0 spiro atoms. The summed E-state index contributed by atoms with van der Waals surface area (Å²) in [7, 11) is 0. The highest BCUT2D eigenvalue weighted by molar-refractivity contribution is 5.84. The van der Waals surface area contributed by atoms with Crippen molar-refractivity contribution < 1.29 is 30.7 Å². The van der Waals surface area contributed by atoms with Crippen molar-refractivity contribution >= 4 is 11.7 Å². The number of rotatable bonds is 6. The topological polar surface area (TPSA) is 0 Å². The number of hydrogen-bond donors (Lipinski definition) is 0. The van der Waals surface area contributed by atoms with Gasteiger partial charge in [0.25, 0.3) is 0 Å². The highest BCUT2D eigenvalue weighted by Crippen LogP contribution is 2.39. The van der Waals surface area contributed by atoms with Gasteiger partial charge in [-0.15, -0.1) is 0 Å². The fourth-order valence-corrected chi connectivity index (χ4v) is 5.00. The van der Waals surface area contributed by atoms with Crippen LogP contribution in [0.2, 0.25) is 0 Å². The predicted molar refractivity (Wildman–Crippen MR) is 127 cm³/mol. The third kappa shape index (κ3) is 5.35. The van der Waals surface area contributed by atoms with Crippen molar-refractivity contribution in [3.8, 4) is 11.1 Å². The van der Waals surface area contributed by atoms with Crippen LogP contribution in [0.25, 0.3) is 22.8 Å². The molecule has 1 aliphatic rings. The summed E-state index contributed by atoms with van der Waals surface area (Å²) in [6.45, 7) is 2.17. The van der Waals surface area contributed by atoms with Crippen LogP contribution in [0.1, 0.15) is 68.1 Å². The van der Waals surface area contributed by atoms with E-state index in [0.29, 0.717) is 0 Å². The van der Waals surface area contributed by atoms with Crippen molar-refractivity contribution in [2.24, 2.45) is 5.92 Å². The first-order valence-electron chi connectivity index (χ1n) is 12.0. The molecule has 1 saturated carbocycles. The fourth-order valence-electron chi connectivity index (χ4n) is 5.00. The van der Waals surface area contributed by atoms with E-state index in [2.05, 4.69) is 6.92 Å². The second kappa shape index (κ2) is 10.9. The van der Waals surface area contributed by atoms with Crippen LogP contribution < -0.4 is 0 Å². The average Bonchev–Trinajstić information content (AvgIpc) is 2.86. The van der Waals surface area contributed by atoms with E-state index in [-0.39, 0.29) is 29.2 Å². The van der Waals surface area contributed by atoms with Gasteiger partial charge < -0.3 is 0 Å². The standard InChI is InChI=1S/C29H25F7/c1-2-3-16-4-6-17(7-5-16)18-8-10-21(23(30)12-18)19-9-11-22(24(31)13-19)28(35)27(34)20-14-25(32)29(36)26(33)15-20/h8-17H,2-7H2,1H3. The molecule has 3 aromatic rings. The molecular weight excluding hydrogens is 481 g/mol. The van der Waals surface area contributed by atoms with Crippen molar-refractivity contribution in [1.82, 2.24) is 0 Å². The molecule has 7 heteroatoms. The molecule has 0 unspecified atom stereocenters. The maximum Gasteiger partial charge on any atom is 0.194 e. The van der Waals surface area contributed by atoms with Gasteiger partial charge in [-0.1, -0.05) is 38.0 Å². The summed E-state index contributed by atoms with van der Waals surface area (Å²) in [5, 5.41) is 0. The van der Waals surface area contributed by atoms with Gasteiger partial charge in [0.1, 0.15) is 11.6 Å². The quantitative estimate of drug-likeness (QED) is 0.177. The predicted octanol–water partition coefficient (Wildman–Crippen LogP) is 9.89. The van der Waals surface area contributed by atoms with Crippen LogP contribution in [0.4, 0.5) is 30.7 Å². The molecular formula is C29H25F7. The van der Waals surface area contributed by atoms with Crippen LogP contribution in [0.5, 0.6) is 0 Å². The van der Waals surface area contributed by atoms with E-state index < -0.39 is 51.9 Å². The second-order valence-electron chi connectivity index (χ2n) is 9.32. The second-order valence-corrected chi connectivity index (χ2v) is 9.32. The van der Waals surface area contributed by atoms with Gasteiger partial charge in [0.2, 0.25) is 0 Å². The van der Waals surface area contributed by atoms with E-state index in [0.717, 1.165) is 55.7 Å². The first-order valence-corrected chi connectivity index (χ1v) is 12.0. The minimum atomic E-state index is -1.83. The average molecular weight is 507 g/mol. The number of halogens is 7. The fraction of sp³-hybridized carbons (Fsp3) is 0.310. The molecule has 0 nitrogen and oxygen atoms in total. The molecule has 0 radical (unpaired) electrons. The van der Waals surface area contributed by atoms with Gasteiger partial charge in [-0.2, -0.15) is 0 Å². The van der Waals surface area contributed by atoms with Crippen molar-refractivity contribution in [1.29, 1.82) is 0 Å². The minimum absolute atomic E-state index is 0.108. The van der Waals surface area contributed by atoms with Crippen molar-refractivity contribution in [3.63, 3.8) is 0 Å². The summed E-state index contributed by atoms with van der Waals surface area (Å²) in [6.07, 6.45) is 6.57. The minimum Gasteiger partial charge on any atom is -0.206 e. The molecule has 0 N–H and O–H groups in total. The van der Waals surface area contributed by atoms with Gasteiger partial charge >= 0.3 is 0 Å². The summed E-state index contributed by atoms with van der Waals surface area (Å²) in [4.78, 5) is 0. The largest absolute Gasteiger partial charge is 0.206 e. The molecule has 0 aromatic heterocycles. The Morgan fingerprint density at radius 2 is 1.39 bits per heavy atom. The summed E-state index contributed by atoms with van der Waals surface area (Å²) >= 11 is 0. The highest BCUT2D eigenvalue weighted by atomic mass is 19.2. The molecule has 0 saturated heterocycles. The summed E-state index contributed by atoms with van der Waals surface area (Å²) in [5.41, 5.74) is -0.617. The Morgan fingerprint density at radius 3 is 1.97 bits per heavy atom. The molecule has 0 aliphatic heterocycles. The lowest BCUT2D eigenvalue weighted by Crippen LogP contribution is -2.13. The van der Waals surface area contributed by atoms with Crippen LogP contribution in [0.15, 0.2) is 48.5 Å². The molecule has 4 rings (SSSR count). The van der Waals surface area contributed by atoms with Crippen molar-refractivity contribution in [2.75, 3.05) is 0 Å². The van der Waals surface area contributed by atoms with Crippen molar-refractivity contribution in [3.05, 3.63) is 94.3 Å². The summed E-state index contributed by atoms with van der Waals surface area (Å²) < 4.78 is 98.7. The van der Waals surface area contributed by atoms with E-state index in [1.165, 1.54) is 18.6 Å². The molecule has 0 atom stereocenters. The Morgan fingerprint density at radius 1 is 0.722 bits per heavy atom. The molecule has 0 heterocycles. The molecule has 1 aliphatic carbocycles. The lowest BCUT2D eigenvalue weighted by molar-refractivity contribution is 0.308. The molecule has 190 valence electrons. The third-order valence-corrected chi connectivity index (χ3v) is 6.95. The molecule has 0 bridgehead atoms. The SMILES string of the molecule is CCCC1CCC(c2ccc(-c3ccc(C(F)=C(F)c4cc(F)c(F)c(F)c4)c(F)c3)c(F)c2)CC1. The molecule has 0 amide bonds. The monoisotopic (exact) mass is 506 g/mol. The highest BCUT2D eigenvalue weighted by Gasteiger charge is 2.23. The zero-order chi connectivity index (χ0) is 26.0. The Kier molecular flexibility index (Phi) is 7.86. The Balaban J connectivity index is 1.57. The van der Waals surface area contributed by atoms with Gasteiger partial charge in [0.15, 0.2) is 29.1 Å². The lowest BCUT2D eigenvalue weighted by Gasteiger charge is -2.28. The van der Waals surface area contributed by atoms with E-state index in [1.54, 1.807) is 6.07 Å². The Bertz CT molecular complexity index is 1260. The molecule has 36 heavy (non-hydrogen) atoms. The van der Waals surface area contributed by atoms with Gasteiger partial charge in [-0.25, -0.2) is 30.7 Å². The van der Waals surface area contributed by atoms with Crippen LogP contribution in [-0.2, 0) is 0 Å². The van der Waals surface area contributed by atoms with Crippen LogP contribution >= 0.6 is 0 Å². The molecule has 1 fully saturated rings. The number of benzene rings is 3. The maximum atomic E-state index is 15.0.